The highest BCUT2D eigenvalue weighted by Gasteiger charge is 2.23. The quantitative estimate of drug-likeness (QED) is 0.507. The van der Waals surface area contributed by atoms with Gasteiger partial charge in [-0.3, -0.25) is 0 Å². The second-order valence-corrected chi connectivity index (χ2v) is 3.37. The van der Waals surface area contributed by atoms with Gasteiger partial charge in [-0.2, -0.15) is 0 Å². The summed E-state index contributed by atoms with van der Waals surface area (Å²) in [5.74, 6) is 0.642. The molecule has 0 saturated carbocycles. The Balaban J connectivity index is 2.50. The predicted molar refractivity (Wildman–Crippen MR) is 49.0 cm³/mol. The fourth-order valence-corrected chi connectivity index (χ4v) is 1.60. The molecule has 1 heterocycles. The number of rotatable bonds is 2. The van der Waals surface area contributed by atoms with Crippen molar-refractivity contribution in [1.82, 2.24) is 0 Å². The zero-order chi connectivity index (χ0) is 8.97. The SMILES string of the molecule is C=C[C@@H]1C[C@H](C)C[C@H](/C=C\O)O1. The minimum Gasteiger partial charge on any atom is -0.516 e. The molecule has 0 amide bonds. The van der Waals surface area contributed by atoms with E-state index in [1.54, 1.807) is 6.08 Å². The molecule has 1 fully saturated rings. The molecule has 1 aliphatic rings. The average molecular weight is 168 g/mol. The fraction of sp³-hybridized carbons (Fsp3) is 0.600. The average Bonchev–Trinajstić information content (AvgIpc) is 2.04. The van der Waals surface area contributed by atoms with Gasteiger partial charge >= 0.3 is 0 Å². The first-order valence-electron chi connectivity index (χ1n) is 4.35. The highest BCUT2D eigenvalue weighted by atomic mass is 16.5. The largest absolute Gasteiger partial charge is 0.516 e. The van der Waals surface area contributed by atoms with Crippen LogP contribution in [0.5, 0.6) is 0 Å². The van der Waals surface area contributed by atoms with Crippen LogP contribution in [-0.2, 0) is 4.74 Å². The van der Waals surface area contributed by atoms with Crippen LogP contribution in [0.25, 0.3) is 0 Å². The zero-order valence-corrected chi connectivity index (χ0v) is 7.44. The number of aliphatic hydroxyl groups excluding tert-OH is 1. The minimum atomic E-state index is 0.0572. The molecule has 2 heteroatoms. The van der Waals surface area contributed by atoms with E-state index in [0.29, 0.717) is 5.92 Å². The van der Waals surface area contributed by atoms with E-state index in [1.165, 1.54) is 0 Å². The molecule has 1 aliphatic heterocycles. The second-order valence-electron chi connectivity index (χ2n) is 3.37. The first-order chi connectivity index (χ1) is 5.76. The molecule has 0 unspecified atom stereocenters. The molecular formula is C10H16O2. The van der Waals surface area contributed by atoms with Crippen molar-refractivity contribution in [3.63, 3.8) is 0 Å². The Hall–Kier alpha value is -0.760. The van der Waals surface area contributed by atoms with Gasteiger partial charge in [-0.15, -0.1) is 6.58 Å². The molecule has 3 atom stereocenters. The number of hydrogen-bond donors (Lipinski definition) is 1. The Morgan fingerprint density at radius 1 is 1.42 bits per heavy atom. The van der Waals surface area contributed by atoms with Gasteiger partial charge in [0.2, 0.25) is 0 Å². The van der Waals surface area contributed by atoms with E-state index in [1.807, 2.05) is 6.08 Å². The summed E-state index contributed by atoms with van der Waals surface area (Å²) >= 11 is 0. The maximum Gasteiger partial charge on any atom is 0.0798 e. The lowest BCUT2D eigenvalue weighted by atomic mass is 9.93. The molecule has 0 aliphatic carbocycles. The summed E-state index contributed by atoms with van der Waals surface area (Å²) in [5, 5.41) is 8.58. The summed E-state index contributed by atoms with van der Waals surface area (Å²) in [7, 11) is 0. The summed E-state index contributed by atoms with van der Waals surface area (Å²) in [5.41, 5.74) is 0. The molecule has 1 rings (SSSR count). The van der Waals surface area contributed by atoms with Gasteiger partial charge in [0.25, 0.3) is 0 Å². The lowest BCUT2D eigenvalue weighted by Gasteiger charge is -2.30. The topological polar surface area (TPSA) is 29.5 Å². The first kappa shape index (κ1) is 9.33. The Bertz CT molecular complexity index is 175. The summed E-state index contributed by atoms with van der Waals surface area (Å²) < 4.78 is 5.58. The van der Waals surface area contributed by atoms with Gasteiger partial charge in [0.15, 0.2) is 0 Å². The Morgan fingerprint density at radius 2 is 2.08 bits per heavy atom. The number of ether oxygens (including phenoxy) is 1. The van der Waals surface area contributed by atoms with Gasteiger partial charge in [-0.05, 0) is 24.8 Å². The van der Waals surface area contributed by atoms with Crippen LogP contribution in [0.15, 0.2) is 25.0 Å². The molecule has 0 radical (unpaired) electrons. The van der Waals surface area contributed by atoms with Gasteiger partial charge in [-0.25, -0.2) is 0 Å². The second kappa shape index (κ2) is 4.31. The third-order valence-electron chi connectivity index (χ3n) is 2.18. The van der Waals surface area contributed by atoms with Crippen molar-refractivity contribution in [1.29, 1.82) is 0 Å². The molecular weight excluding hydrogens is 152 g/mol. The van der Waals surface area contributed by atoms with E-state index < -0.39 is 0 Å². The predicted octanol–water partition coefficient (Wildman–Crippen LogP) is 2.43. The highest BCUT2D eigenvalue weighted by Crippen LogP contribution is 2.25. The van der Waals surface area contributed by atoms with E-state index in [4.69, 9.17) is 9.84 Å². The highest BCUT2D eigenvalue weighted by molar-refractivity contribution is 4.93. The van der Waals surface area contributed by atoms with E-state index in [0.717, 1.165) is 19.1 Å². The maximum absolute atomic E-state index is 8.58. The number of aliphatic hydroxyl groups is 1. The summed E-state index contributed by atoms with van der Waals surface area (Å²) in [6.07, 6.45) is 6.81. The van der Waals surface area contributed by atoms with Crippen molar-refractivity contribution in [3.8, 4) is 0 Å². The van der Waals surface area contributed by atoms with E-state index in [2.05, 4.69) is 13.5 Å². The molecule has 0 aromatic rings. The van der Waals surface area contributed by atoms with Crippen LogP contribution in [-0.4, -0.2) is 17.3 Å². The number of hydrogen-bond acceptors (Lipinski definition) is 2. The lowest BCUT2D eigenvalue weighted by Crippen LogP contribution is -2.29. The van der Waals surface area contributed by atoms with Crippen LogP contribution < -0.4 is 0 Å². The van der Waals surface area contributed by atoms with Crippen LogP contribution in [0.4, 0.5) is 0 Å². The minimum absolute atomic E-state index is 0.0572. The summed E-state index contributed by atoms with van der Waals surface area (Å²) in [6, 6.07) is 0. The standard InChI is InChI=1S/C10H16O2/c1-3-9-6-8(2)7-10(12-9)4-5-11/h3-5,8-11H,1,6-7H2,2H3/b5-4-/t8-,9+,10-/m0/s1. The molecule has 0 aromatic carbocycles. The molecule has 0 bridgehead atoms. The lowest BCUT2D eigenvalue weighted by molar-refractivity contribution is -0.0194. The fourth-order valence-electron chi connectivity index (χ4n) is 1.60. The monoisotopic (exact) mass is 168 g/mol. The van der Waals surface area contributed by atoms with Crippen molar-refractivity contribution in [2.45, 2.75) is 32.0 Å². The summed E-state index contributed by atoms with van der Waals surface area (Å²) in [4.78, 5) is 0. The molecule has 0 spiro atoms. The molecule has 0 aromatic heterocycles. The van der Waals surface area contributed by atoms with Crippen molar-refractivity contribution in [2.75, 3.05) is 0 Å². The molecule has 12 heavy (non-hydrogen) atoms. The van der Waals surface area contributed by atoms with Crippen molar-refractivity contribution in [2.24, 2.45) is 5.92 Å². The van der Waals surface area contributed by atoms with Gasteiger partial charge < -0.3 is 9.84 Å². The van der Waals surface area contributed by atoms with Crippen LogP contribution in [0.2, 0.25) is 0 Å². The first-order valence-corrected chi connectivity index (χ1v) is 4.35. The molecule has 2 nitrogen and oxygen atoms in total. The van der Waals surface area contributed by atoms with Gasteiger partial charge in [0.05, 0.1) is 18.5 Å². The van der Waals surface area contributed by atoms with E-state index >= 15 is 0 Å². The van der Waals surface area contributed by atoms with Crippen LogP contribution in [0, 0.1) is 5.92 Å². The van der Waals surface area contributed by atoms with Gasteiger partial charge in [-0.1, -0.05) is 13.0 Å². The van der Waals surface area contributed by atoms with Gasteiger partial charge in [0, 0.05) is 0 Å². The van der Waals surface area contributed by atoms with E-state index in [-0.39, 0.29) is 12.2 Å². The molecule has 1 saturated heterocycles. The third-order valence-corrected chi connectivity index (χ3v) is 2.18. The Morgan fingerprint density at radius 3 is 2.67 bits per heavy atom. The summed E-state index contributed by atoms with van der Waals surface area (Å²) in [6.45, 7) is 5.89. The molecule has 1 N–H and O–H groups in total. The Kier molecular flexibility index (Phi) is 3.35. The van der Waals surface area contributed by atoms with E-state index in [9.17, 15) is 0 Å². The normalized spacial score (nSPS) is 36.9. The van der Waals surface area contributed by atoms with Crippen molar-refractivity contribution < 1.29 is 9.84 Å². The molecule has 68 valence electrons. The van der Waals surface area contributed by atoms with Crippen LogP contribution in [0.3, 0.4) is 0 Å². The van der Waals surface area contributed by atoms with Crippen molar-refractivity contribution in [3.05, 3.63) is 25.0 Å². The van der Waals surface area contributed by atoms with Crippen molar-refractivity contribution >= 4 is 0 Å². The Labute approximate surface area is 73.5 Å². The van der Waals surface area contributed by atoms with Crippen LogP contribution >= 0.6 is 0 Å². The van der Waals surface area contributed by atoms with Gasteiger partial charge in [0.1, 0.15) is 0 Å². The smallest absolute Gasteiger partial charge is 0.0798 e. The zero-order valence-electron chi connectivity index (χ0n) is 7.44. The third kappa shape index (κ3) is 2.38. The van der Waals surface area contributed by atoms with Crippen LogP contribution in [0.1, 0.15) is 19.8 Å². The maximum atomic E-state index is 8.58.